The van der Waals surface area contributed by atoms with Crippen LogP contribution in [0.5, 0.6) is 23.0 Å². The minimum atomic E-state index is -0.209. The first-order valence-electron chi connectivity index (χ1n) is 8.54. The van der Waals surface area contributed by atoms with Gasteiger partial charge in [0.25, 0.3) is 5.22 Å². The summed E-state index contributed by atoms with van der Waals surface area (Å²) in [7, 11) is 3.11. The number of carbonyl (C=O) groups excluding carboxylic acids is 1. The van der Waals surface area contributed by atoms with E-state index in [4.69, 9.17) is 23.4 Å². The van der Waals surface area contributed by atoms with E-state index in [-0.39, 0.29) is 23.7 Å². The molecule has 0 fully saturated rings. The second-order valence-corrected chi connectivity index (χ2v) is 6.77. The Hall–Kier alpha value is -3.40. The molecule has 2 heterocycles. The summed E-state index contributed by atoms with van der Waals surface area (Å²) in [4.78, 5) is 12.2. The van der Waals surface area contributed by atoms with Crippen LogP contribution in [-0.4, -0.2) is 42.9 Å². The Balaban J connectivity index is 1.36. The van der Waals surface area contributed by atoms with Crippen LogP contribution in [0, 0.1) is 0 Å². The number of nitrogens with zero attached hydrogens (tertiary/aromatic N) is 2. The maximum Gasteiger partial charge on any atom is 0.277 e. The van der Waals surface area contributed by atoms with Crippen molar-refractivity contribution in [2.24, 2.45) is 0 Å². The molecule has 0 saturated heterocycles. The first kappa shape index (κ1) is 18.9. The predicted molar refractivity (Wildman–Crippen MR) is 105 cm³/mol. The molecular weight excluding hydrogens is 398 g/mol. The summed E-state index contributed by atoms with van der Waals surface area (Å²) in [5.74, 6) is 2.65. The van der Waals surface area contributed by atoms with Crippen LogP contribution in [0.3, 0.4) is 0 Å². The minimum absolute atomic E-state index is 0.113. The fraction of sp³-hybridized carbons (Fsp3) is 0.211. The molecule has 4 rings (SSSR count). The average Bonchev–Trinajstić information content (AvgIpc) is 3.41. The number of anilines is 1. The van der Waals surface area contributed by atoms with E-state index in [1.54, 1.807) is 50.6 Å². The maximum atomic E-state index is 12.2. The molecule has 0 bridgehead atoms. The van der Waals surface area contributed by atoms with Crippen LogP contribution in [-0.2, 0) is 4.79 Å². The van der Waals surface area contributed by atoms with Crippen molar-refractivity contribution in [1.29, 1.82) is 0 Å². The summed E-state index contributed by atoms with van der Waals surface area (Å²) in [6.45, 7) is 0.183. The Morgan fingerprint density at radius 3 is 2.72 bits per heavy atom. The highest BCUT2D eigenvalue weighted by atomic mass is 32.2. The van der Waals surface area contributed by atoms with Gasteiger partial charge in [0, 0.05) is 17.3 Å². The first-order valence-corrected chi connectivity index (χ1v) is 9.53. The highest BCUT2D eigenvalue weighted by molar-refractivity contribution is 7.99. The SMILES string of the molecule is COc1ccc(-c2nnc(SCC(=O)Nc3ccc4c(c3)OCO4)o2)cc1OC. The van der Waals surface area contributed by atoms with Crippen molar-refractivity contribution in [3.8, 4) is 34.5 Å². The standard InChI is InChI=1S/C19H17N3O6S/c1-24-13-5-3-11(7-15(13)25-2)18-21-22-19(28-18)29-9-17(23)20-12-4-6-14-16(8-12)27-10-26-14/h3-8H,9-10H2,1-2H3,(H,20,23). The molecule has 0 aliphatic carbocycles. The number of hydrogen-bond acceptors (Lipinski definition) is 9. The highest BCUT2D eigenvalue weighted by Crippen LogP contribution is 2.35. The van der Waals surface area contributed by atoms with E-state index in [1.165, 1.54) is 0 Å². The zero-order valence-corrected chi connectivity index (χ0v) is 16.4. The fourth-order valence-corrected chi connectivity index (χ4v) is 3.22. The van der Waals surface area contributed by atoms with Gasteiger partial charge in [-0.15, -0.1) is 10.2 Å². The number of thioether (sulfide) groups is 1. The number of carbonyl (C=O) groups is 1. The maximum absolute atomic E-state index is 12.2. The van der Waals surface area contributed by atoms with Gasteiger partial charge in [0.2, 0.25) is 18.6 Å². The Morgan fingerprint density at radius 1 is 1.07 bits per heavy atom. The van der Waals surface area contributed by atoms with E-state index in [1.807, 2.05) is 0 Å². The van der Waals surface area contributed by atoms with Crippen molar-refractivity contribution in [1.82, 2.24) is 10.2 Å². The van der Waals surface area contributed by atoms with Crippen LogP contribution < -0.4 is 24.3 Å². The molecule has 0 saturated carbocycles. The smallest absolute Gasteiger partial charge is 0.277 e. The number of hydrogen-bond donors (Lipinski definition) is 1. The molecule has 2 aromatic carbocycles. The molecule has 1 aliphatic heterocycles. The summed E-state index contributed by atoms with van der Waals surface area (Å²) in [6.07, 6.45) is 0. The van der Waals surface area contributed by atoms with Gasteiger partial charge in [-0.3, -0.25) is 4.79 Å². The van der Waals surface area contributed by atoms with E-state index in [9.17, 15) is 4.79 Å². The number of ether oxygens (including phenoxy) is 4. The Kier molecular flexibility index (Phi) is 5.43. The molecule has 9 nitrogen and oxygen atoms in total. The lowest BCUT2D eigenvalue weighted by Gasteiger charge is -2.07. The van der Waals surface area contributed by atoms with Gasteiger partial charge in [0.1, 0.15) is 0 Å². The van der Waals surface area contributed by atoms with Gasteiger partial charge in [0.05, 0.1) is 20.0 Å². The molecule has 1 N–H and O–H groups in total. The molecule has 10 heteroatoms. The normalized spacial score (nSPS) is 11.9. The molecule has 1 aliphatic rings. The van der Waals surface area contributed by atoms with Gasteiger partial charge in [-0.1, -0.05) is 11.8 Å². The van der Waals surface area contributed by atoms with Crippen LogP contribution in [0.25, 0.3) is 11.5 Å². The molecule has 1 aromatic heterocycles. The van der Waals surface area contributed by atoms with Gasteiger partial charge in [-0.2, -0.15) is 0 Å². The van der Waals surface area contributed by atoms with Crippen molar-refractivity contribution in [3.05, 3.63) is 36.4 Å². The molecule has 3 aromatic rings. The Morgan fingerprint density at radius 2 is 1.90 bits per heavy atom. The topological polar surface area (TPSA) is 105 Å². The van der Waals surface area contributed by atoms with Crippen LogP contribution in [0.15, 0.2) is 46.0 Å². The van der Waals surface area contributed by atoms with Crippen LogP contribution in [0.1, 0.15) is 0 Å². The van der Waals surface area contributed by atoms with E-state index in [2.05, 4.69) is 15.5 Å². The highest BCUT2D eigenvalue weighted by Gasteiger charge is 2.16. The molecule has 0 unspecified atom stereocenters. The number of methoxy groups -OCH3 is 2. The molecule has 1 amide bonds. The number of benzene rings is 2. The summed E-state index contributed by atoms with van der Waals surface area (Å²) in [5, 5.41) is 11.1. The lowest BCUT2D eigenvalue weighted by molar-refractivity contribution is -0.113. The van der Waals surface area contributed by atoms with Crippen LogP contribution >= 0.6 is 11.8 Å². The molecule has 0 radical (unpaired) electrons. The van der Waals surface area contributed by atoms with Gasteiger partial charge in [-0.05, 0) is 30.3 Å². The van der Waals surface area contributed by atoms with E-state index in [0.29, 0.717) is 40.1 Å². The van der Waals surface area contributed by atoms with Crippen LogP contribution in [0.2, 0.25) is 0 Å². The van der Waals surface area contributed by atoms with Gasteiger partial charge in [0.15, 0.2) is 23.0 Å². The number of nitrogens with one attached hydrogen (secondary N) is 1. The summed E-state index contributed by atoms with van der Waals surface area (Å²) in [5.41, 5.74) is 1.31. The predicted octanol–water partition coefficient (Wildman–Crippen LogP) is 3.21. The zero-order valence-electron chi connectivity index (χ0n) is 15.6. The van der Waals surface area contributed by atoms with Gasteiger partial charge >= 0.3 is 0 Å². The van der Waals surface area contributed by atoms with E-state index >= 15 is 0 Å². The monoisotopic (exact) mass is 415 g/mol. The molecule has 29 heavy (non-hydrogen) atoms. The van der Waals surface area contributed by atoms with E-state index in [0.717, 1.165) is 11.8 Å². The van der Waals surface area contributed by atoms with Crippen molar-refractivity contribution in [2.75, 3.05) is 32.1 Å². The van der Waals surface area contributed by atoms with Crippen molar-refractivity contribution < 1.29 is 28.2 Å². The minimum Gasteiger partial charge on any atom is -0.493 e. The fourth-order valence-electron chi connectivity index (χ4n) is 2.65. The average molecular weight is 415 g/mol. The van der Waals surface area contributed by atoms with Gasteiger partial charge < -0.3 is 28.7 Å². The third-order valence-electron chi connectivity index (χ3n) is 4.02. The Labute approximate surface area is 170 Å². The van der Waals surface area contributed by atoms with Crippen molar-refractivity contribution >= 4 is 23.4 Å². The largest absolute Gasteiger partial charge is 0.493 e. The molecule has 0 spiro atoms. The Bertz CT molecular complexity index is 1040. The lowest BCUT2D eigenvalue weighted by Crippen LogP contribution is -2.13. The van der Waals surface area contributed by atoms with Crippen LogP contribution in [0.4, 0.5) is 5.69 Å². The number of aromatic nitrogens is 2. The second-order valence-electron chi connectivity index (χ2n) is 5.85. The van der Waals surface area contributed by atoms with Gasteiger partial charge in [-0.25, -0.2) is 0 Å². The molecule has 0 atom stereocenters. The number of fused-ring (bicyclic) bond motifs is 1. The van der Waals surface area contributed by atoms with Crippen molar-refractivity contribution in [3.63, 3.8) is 0 Å². The van der Waals surface area contributed by atoms with Crippen molar-refractivity contribution in [2.45, 2.75) is 5.22 Å². The third-order valence-corrected chi connectivity index (χ3v) is 4.84. The number of rotatable bonds is 7. The van der Waals surface area contributed by atoms with E-state index < -0.39 is 0 Å². The molecule has 150 valence electrons. The summed E-state index contributed by atoms with van der Waals surface area (Å²) < 4.78 is 26.7. The molecular formula is C19H17N3O6S. The summed E-state index contributed by atoms with van der Waals surface area (Å²) >= 11 is 1.14. The third kappa shape index (κ3) is 4.21. The summed E-state index contributed by atoms with van der Waals surface area (Å²) in [6, 6.07) is 10.5. The lowest BCUT2D eigenvalue weighted by atomic mass is 10.2. The zero-order chi connectivity index (χ0) is 20.2. The first-order chi connectivity index (χ1) is 14.2. The second kappa shape index (κ2) is 8.31. The number of amides is 1. The quantitative estimate of drug-likeness (QED) is 0.582.